The molecule has 0 fully saturated rings. The molecule has 0 unspecified atom stereocenters. The third kappa shape index (κ3) is 5.95. The Morgan fingerprint density at radius 1 is 1.32 bits per heavy atom. The number of hydrogen-bond acceptors (Lipinski definition) is 4. The molecule has 0 heterocycles. The monoisotopic (exact) mass is 425 g/mol. The number of nitrogens with one attached hydrogen (secondary N) is 1. The van der Waals surface area contributed by atoms with Crippen LogP contribution in [0.25, 0.3) is 0 Å². The zero-order chi connectivity index (χ0) is 18.2. The predicted octanol–water partition coefficient (Wildman–Crippen LogP) is 3.93. The lowest BCUT2D eigenvalue weighted by Crippen LogP contribution is -2.22. The second-order valence-corrected chi connectivity index (χ2v) is 6.34. The number of methoxy groups -OCH3 is 1. The molecule has 8 heteroatoms. The van der Waals surface area contributed by atoms with E-state index in [9.17, 15) is 4.79 Å². The highest BCUT2D eigenvalue weighted by Gasteiger charge is 2.09. The van der Waals surface area contributed by atoms with Crippen molar-refractivity contribution < 1.29 is 14.4 Å². The van der Waals surface area contributed by atoms with Crippen LogP contribution in [0, 0.1) is 0 Å². The number of carbonyl (C=O) groups is 1. The highest BCUT2D eigenvalue weighted by atomic mass is 79.9. The lowest BCUT2D eigenvalue weighted by atomic mass is 10.2. The second-order valence-electron chi connectivity index (χ2n) is 5.02. The number of anilines is 1. The number of ether oxygens (including phenoxy) is 1. The van der Waals surface area contributed by atoms with E-state index < -0.39 is 0 Å². The number of halogens is 2. The van der Waals surface area contributed by atoms with E-state index in [1.54, 1.807) is 31.4 Å². The summed E-state index contributed by atoms with van der Waals surface area (Å²) >= 11 is 9.36. The summed E-state index contributed by atoms with van der Waals surface area (Å²) in [6.45, 7) is 0.162. The Labute approximate surface area is 159 Å². The van der Waals surface area contributed by atoms with Crippen molar-refractivity contribution in [1.82, 2.24) is 0 Å². The molecule has 3 N–H and O–H groups in total. The molecule has 0 saturated carbocycles. The Bertz CT molecular complexity index is 783. The summed E-state index contributed by atoms with van der Waals surface area (Å²) < 4.78 is 6.13. The summed E-state index contributed by atoms with van der Waals surface area (Å²) in [5.74, 6) is 0.393. The molecule has 0 aliphatic heterocycles. The molecular formula is C17H17BrClN3O3. The van der Waals surface area contributed by atoms with E-state index in [2.05, 4.69) is 26.4 Å². The molecule has 0 aliphatic carbocycles. The molecule has 2 aromatic rings. The van der Waals surface area contributed by atoms with Gasteiger partial charge in [-0.3, -0.25) is 4.79 Å². The summed E-state index contributed by atoms with van der Waals surface area (Å²) in [5, 5.41) is 6.87. The molecule has 2 rings (SSSR count). The van der Waals surface area contributed by atoms with E-state index in [0.717, 1.165) is 10.0 Å². The summed E-state index contributed by atoms with van der Waals surface area (Å²) in [6.07, 6.45) is -0.110. The molecule has 132 valence electrons. The van der Waals surface area contributed by atoms with E-state index >= 15 is 0 Å². The van der Waals surface area contributed by atoms with Gasteiger partial charge in [-0.2, -0.15) is 0 Å². The molecule has 0 bridgehead atoms. The van der Waals surface area contributed by atoms with Crippen molar-refractivity contribution in [3.8, 4) is 5.75 Å². The van der Waals surface area contributed by atoms with Crippen molar-refractivity contribution in [2.75, 3.05) is 12.4 Å². The van der Waals surface area contributed by atoms with Crippen LogP contribution in [0.15, 0.2) is 52.1 Å². The summed E-state index contributed by atoms with van der Waals surface area (Å²) in [7, 11) is 1.57. The van der Waals surface area contributed by atoms with E-state index in [1.165, 1.54) is 0 Å². The number of benzene rings is 2. The van der Waals surface area contributed by atoms with Gasteiger partial charge in [0.25, 0.3) is 0 Å². The highest BCUT2D eigenvalue weighted by Crippen LogP contribution is 2.23. The smallest absolute Gasteiger partial charge is 0.232 e. The van der Waals surface area contributed by atoms with E-state index in [4.69, 9.17) is 26.9 Å². The topological polar surface area (TPSA) is 85.9 Å². The Morgan fingerprint density at radius 3 is 2.80 bits per heavy atom. The van der Waals surface area contributed by atoms with Crippen molar-refractivity contribution in [2.45, 2.75) is 13.0 Å². The van der Waals surface area contributed by atoms with Gasteiger partial charge in [-0.1, -0.05) is 44.8 Å². The van der Waals surface area contributed by atoms with Gasteiger partial charge in [0.15, 0.2) is 0 Å². The minimum atomic E-state index is -0.335. The average Bonchev–Trinajstić information content (AvgIpc) is 2.57. The van der Waals surface area contributed by atoms with Crippen LogP contribution in [-0.4, -0.2) is 18.9 Å². The van der Waals surface area contributed by atoms with Gasteiger partial charge in [0.05, 0.1) is 24.2 Å². The summed E-state index contributed by atoms with van der Waals surface area (Å²) in [5.41, 5.74) is 7.04. The predicted molar refractivity (Wildman–Crippen MR) is 102 cm³/mol. The van der Waals surface area contributed by atoms with Crippen molar-refractivity contribution in [2.24, 2.45) is 10.9 Å². The standard InChI is InChI=1S/C17H17BrClN3O3/c1-24-15-7-6-12(18)8-11(15)10-25-22-16(20)9-17(23)21-14-5-3-2-4-13(14)19/h2-8H,9-10H2,1H3,(H2,20,22)(H,21,23). The first kappa shape index (κ1) is 19.1. The van der Waals surface area contributed by atoms with Crippen molar-refractivity contribution in [1.29, 1.82) is 0 Å². The SMILES string of the molecule is COc1ccc(Br)cc1CO/N=C(/N)CC(=O)Nc1ccccc1Cl. The number of amidine groups is 1. The number of nitrogens with zero attached hydrogens (tertiary/aromatic N) is 1. The molecule has 0 radical (unpaired) electrons. The summed E-state index contributed by atoms with van der Waals surface area (Å²) in [6, 6.07) is 12.5. The summed E-state index contributed by atoms with van der Waals surface area (Å²) in [4.78, 5) is 17.2. The lowest BCUT2D eigenvalue weighted by molar-refractivity contribution is -0.115. The Hall–Kier alpha value is -2.25. The fraction of sp³-hybridized carbons (Fsp3) is 0.176. The Kier molecular flexibility index (Phi) is 7.09. The molecule has 0 spiro atoms. The van der Waals surface area contributed by atoms with Crippen LogP contribution in [-0.2, 0) is 16.2 Å². The Balaban J connectivity index is 1.88. The maximum Gasteiger partial charge on any atom is 0.232 e. The third-order valence-electron chi connectivity index (χ3n) is 3.13. The molecule has 0 aliphatic rings. The first-order valence-corrected chi connectivity index (χ1v) is 8.47. The highest BCUT2D eigenvalue weighted by molar-refractivity contribution is 9.10. The number of amides is 1. The van der Waals surface area contributed by atoms with E-state index in [0.29, 0.717) is 16.5 Å². The number of para-hydroxylation sites is 1. The number of oxime groups is 1. The van der Waals surface area contributed by atoms with Gasteiger partial charge in [0.1, 0.15) is 18.2 Å². The van der Waals surface area contributed by atoms with Crippen molar-refractivity contribution in [3.63, 3.8) is 0 Å². The van der Waals surface area contributed by atoms with E-state index in [-0.39, 0.29) is 24.8 Å². The minimum Gasteiger partial charge on any atom is -0.496 e. The van der Waals surface area contributed by atoms with Gasteiger partial charge in [0.2, 0.25) is 5.91 Å². The normalized spacial score (nSPS) is 11.1. The first-order chi connectivity index (χ1) is 12.0. The van der Waals surface area contributed by atoms with E-state index in [1.807, 2.05) is 18.2 Å². The fourth-order valence-electron chi connectivity index (χ4n) is 2.00. The molecule has 2 aromatic carbocycles. The van der Waals surface area contributed by atoms with Crippen LogP contribution in [0.1, 0.15) is 12.0 Å². The van der Waals surface area contributed by atoms with Gasteiger partial charge in [-0.05, 0) is 30.3 Å². The van der Waals surface area contributed by atoms with Crippen molar-refractivity contribution >= 4 is 45.0 Å². The Morgan fingerprint density at radius 2 is 2.08 bits per heavy atom. The van der Waals surface area contributed by atoms with Gasteiger partial charge in [-0.25, -0.2) is 0 Å². The maximum atomic E-state index is 11.9. The maximum absolute atomic E-state index is 11.9. The fourth-order valence-corrected chi connectivity index (χ4v) is 2.59. The molecule has 0 atom stereocenters. The molecule has 0 aromatic heterocycles. The number of hydrogen-bond donors (Lipinski definition) is 2. The zero-order valence-corrected chi connectivity index (χ0v) is 15.8. The molecule has 0 saturated heterocycles. The van der Waals surface area contributed by atoms with Gasteiger partial charge in [0, 0.05) is 10.0 Å². The van der Waals surface area contributed by atoms with Gasteiger partial charge >= 0.3 is 0 Å². The molecular weight excluding hydrogens is 410 g/mol. The quantitative estimate of drug-likeness (QED) is 0.399. The lowest BCUT2D eigenvalue weighted by Gasteiger charge is -2.09. The molecule has 1 amide bonds. The van der Waals surface area contributed by atoms with Crippen LogP contribution >= 0.6 is 27.5 Å². The van der Waals surface area contributed by atoms with Crippen LogP contribution in [0.5, 0.6) is 5.75 Å². The van der Waals surface area contributed by atoms with Gasteiger partial charge in [-0.15, -0.1) is 0 Å². The second kappa shape index (κ2) is 9.29. The van der Waals surface area contributed by atoms with Crippen LogP contribution in [0.3, 0.4) is 0 Å². The van der Waals surface area contributed by atoms with Crippen LogP contribution < -0.4 is 15.8 Å². The third-order valence-corrected chi connectivity index (χ3v) is 3.96. The van der Waals surface area contributed by atoms with Crippen molar-refractivity contribution in [3.05, 3.63) is 57.5 Å². The number of carbonyl (C=O) groups excluding carboxylic acids is 1. The largest absolute Gasteiger partial charge is 0.496 e. The average molecular weight is 427 g/mol. The zero-order valence-electron chi connectivity index (χ0n) is 13.5. The van der Waals surface area contributed by atoms with Crippen LogP contribution in [0.4, 0.5) is 5.69 Å². The number of rotatable bonds is 7. The number of nitrogens with two attached hydrogens (primary N) is 1. The molecule has 25 heavy (non-hydrogen) atoms. The first-order valence-electron chi connectivity index (χ1n) is 7.30. The van der Waals surface area contributed by atoms with Crippen LogP contribution in [0.2, 0.25) is 5.02 Å². The van der Waals surface area contributed by atoms with Gasteiger partial charge < -0.3 is 20.6 Å². The molecule has 6 nitrogen and oxygen atoms in total. The minimum absolute atomic E-state index is 0.0542.